The van der Waals surface area contributed by atoms with Gasteiger partial charge in [0.25, 0.3) is 5.91 Å². The minimum Gasteiger partial charge on any atom is -0.384 e. The molecule has 14 heteroatoms. The van der Waals surface area contributed by atoms with Gasteiger partial charge < -0.3 is 16.4 Å². The van der Waals surface area contributed by atoms with Gasteiger partial charge in [-0.2, -0.15) is 33.8 Å². The van der Waals surface area contributed by atoms with Gasteiger partial charge in [0.1, 0.15) is 11.9 Å². The molecule has 1 amide bonds. The predicted octanol–water partition coefficient (Wildman–Crippen LogP) is 0.935. The second-order valence-electron chi connectivity index (χ2n) is 6.98. The number of allylic oxidation sites excluding steroid dienone is 2. The molecule has 0 unspecified atom stereocenters. The number of aryl methyl sites for hydroxylation is 1. The molecule has 0 aliphatic carbocycles. The van der Waals surface area contributed by atoms with Gasteiger partial charge in [0.2, 0.25) is 0 Å². The van der Waals surface area contributed by atoms with Crippen LogP contribution in [-0.2, 0) is 6.18 Å². The van der Waals surface area contributed by atoms with Gasteiger partial charge in [0.15, 0.2) is 11.5 Å². The van der Waals surface area contributed by atoms with Crippen LogP contribution in [0.1, 0.15) is 21.7 Å². The van der Waals surface area contributed by atoms with Crippen LogP contribution in [0.3, 0.4) is 0 Å². The highest BCUT2D eigenvalue weighted by Gasteiger charge is 2.41. The maximum Gasteiger partial charge on any atom is 0.434 e. The molecule has 11 nitrogen and oxygen atoms in total. The highest BCUT2D eigenvalue weighted by molar-refractivity contribution is 5.96. The molecule has 4 rings (SSSR count). The third kappa shape index (κ3) is 4.21. The molecule has 0 saturated heterocycles. The number of hydrazone groups is 1. The monoisotopic (exact) mass is 458 g/mol. The van der Waals surface area contributed by atoms with Crippen molar-refractivity contribution in [3.63, 3.8) is 0 Å². The zero-order valence-corrected chi connectivity index (χ0v) is 17.1. The number of amides is 1. The number of rotatable bonds is 4. The molecule has 4 heterocycles. The zero-order chi connectivity index (χ0) is 23.8. The number of nitrogens with two attached hydrogens (primary N) is 1. The largest absolute Gasteiger partial charge is 0.434 e. The number of nitriles is 1. The van der Waals surface area contributed by atoms with E-state index in [2.05, 4.69) is 31.2 Å². The maximum atomic E-state index is 13.9. The Morgan fingerprint density at radius 3 is 2.79 bits per heavy atom. The second kappa shape index (κ2) is 8.28. The Labute approximate surface area is 185 Å². The van der Waals surface area contributed by atoms with Crippen LogP contribution in [0.5, 0.6) is 0 Å². The topological polar surface area (TPSA) is 149 Å². The second-order valence-corrected chi connectivity index (χ2v) is 6.98. The first-order chi connectivity index (χ1) is 15.7. The fourth-order valence-corrected chi connectivity index (χ4v) is 3.33. The van der Waals surface area contributed by atoms with Crippen LogP contribution >= 0.6 is 0 Å². The van der Waals surface area contributed by atoms with E-state index in [-0.39, 0.29) is 35.0 Å². The highest BCUT2D eigenvalue weighted by atomic mass is 19.4. The van der Waals surface area contributed by atoms with Crippen molar-refractivity contribution in [3.05, 3.63) is 58.4 Å². The molecule has 33 heavy (non-hydrogen) atoms. The number of carbonyl (C=O) groups is 1. The number of aromatic nitrogens is 3. The summed E-state index contributed by atoms with van der Waals surface area (Å²) in [6.45, 7) is 2.01. The number of nitrogens with zero attached hydrogens (tertiary/aromatic N) is 6. The highest BCUT2D eigenvalue weighted by Crippen LogP contribution is 2.34. The van der Waals surface area contributed by atoms with Gasteiger partial charge in [0, 0.05) is 11.9 Å². The van der Waals surface area contributed by atoms with Gasteiger partial charge in [-0.15, -0.1) is 0 Å². The molecule has 0 aromatic carbocycles. The van der Waals surface area contributed by atoms with Crippen LogP contribution in [0.25, 0.3) is 5.69 Å². The lowest BCUT2D eigenvalue weighted by Crippen LogP contribution is -2.40. The summed E-state index contributed by atoms with van der Waals surface area (Å²) in [7, 11) is 0. The van der Waals surface area contributed by atoms with Gasteiger partial charge in [-0.25, -0.2) is 15.1 Å². The molecule has 0 atom stereocenters. The fourth-order valence-electron chi connectivity index (χ4n) is 3.33. The van der Waals surface area contributed by atoms with Crippen LogP contribution in [-0.4, -0.2) is 45.1 Å². The van der Waals surface area contributed by atoms with Crippen LogP contribution < -0.4 is 21.8 Å². The molecular formula is C19H17F3N10O. The normalized spacial score (nSPS) is 15.8. The van der Waals surface area contributed by atoms with Crippen LogP contribution in [0.2, 0.25) is 0 Å². The Morgan fingerprint density at radius 2 is 2.15 bits per heavy atom. The van der Waals surface area contributed by atoms with Crippen molar-refractivity contribution < 1.29 is 18.0 Å². The van der Waals surface area contributed by atoms with E-state index in [0.717, 1.165) is 6.20 Å². The van der Waals surface area contributed by atoms with E-state index in [4.69, 9.17) is 5.73 Å². The Bertz CT molecular complexity index is 1250. The first-order valence-corrected chi connectivity index (χ1v) is 9.54. The maximum absolute atomic E-state index is 13.9. The smallest absolute Gasteiger partial charge is 0.384 e. The summed E-state index contributed by atoms with van der Waals surface area (Å²) in [5.41, 5.74) is 7.12. The lowest BCUT2D eigenvalue weighted by atomic mass is 10.1. The third-order valence-corrected chi connectivity index (χ3v) is 4.75. The number of halogens is 3. The van der Waals surface area contributed by atoms with Gasteiger partial charge in [-0.3, -0.25) is 4.79 Å². The molecule has 0 saturated carbocycles. The summed E-state index contributed by atoms with van der Waals surface area (Å²) in [4.78, 5) is 16.7. The minimum absolute atomic E-state index is 0.0344. The van der Waals surface area contributed by atoms with Gasteiger partial charge in [-0.1, -0.05) is 0 Å². The van der Waals surface area contributed by atoms with Crippen molar-refractivity contribution in [2.24, 2.45) is 5.10 Å². The van der Waals surface area contributed by atoms with Crippen molar-refractivity contribution >= 4 is 17.9 Å². The lowest BCUT2D eigenvalue weighted by Gasteiger charge is -2.24. The van der Waals surface area contributed by atoms with E-state index >= 15 is 0 Å². The summed E-state index contributed by atoms with van der Waals surface area (Å²) in [6, 6.07) is 4.65. The molecule has 2 aliphatic rings. The standard InChI is InChI=1S/C19H17F3N10O/c1-10-14(2-3-15(24)29-10)31-16(19(20,21)22)13(9-28-31)18(33)30-12-6-11(7-23)17(25-8-12)32-26-4-5-27-32/h2-4,6,9,25,27H,5,8H2,1H3,(H2,24,29)(H,30,33). The molecule has 0 radical (unpaired) electrons. The van der Waals surface area contributed by atoms with Crippen molar-refractivity contribution in [2.75, 3.05) is 18.8 Å². The quantitative estimate of drug-likeness (QED) is 0.529. The van der Waals surface area contributed by atoms with E-state index in [1.165, 1.54) is 30.3 Å². The number of nitrogens with one attached hydrogen (secondary N) is 3. The molecule has 2 aliphatic heterocycles. The van der Waals surface area contributed by atoms with Gasteiger partial charge >= 0.3 is 6.18 Å². The lowest BCUT2D eigenvalue weighted by molar-refractivity contribution is -0.143. The van der Waals surface area contributed by atoms with E-state index < -0.39 is 23.3 Å². The van der Waals surface area contributed by atoms with Crippen molar-refractivity contribution in [3.8, 4) is 11.8 Å². The van der Waals surface area contributed by atoms with Crippen LogP contribution in [0.15, 0.2) is 46.6 Å². The molecule has 2 aromatic heterocycles. The molecule has 170 valence electrons. The predicted molar refractivity (Wildman–Crippen MR) is 110 cm³/mol. The molecule has 5 N–H and O–H groups in total. The van der Waals surface area contributed by atoms with Crippen LogP contribution in [0.4, 0.5) is 19.0 Å². The number of alkyl halides is 3. The SMILES string of the molecule is Cc1nc(N)ccc1-n1ncc(C(=O)NC2=CC(C#N)=C(N3N=CCN3)NC2)c1C(F)(F)F. The number of hydrogen-bond acceptors (Lipinski definition) is 9. The molecule has 0 bridgehead atoms. The Morgan fingerprint density at radius 1 is 1.36 bits per heavy atom. The first kappa shape index (κ1) is 21.8. The molecular weight excluding hydrogens is 441 g/mol. The first-order valence-electron chi connectivity index (χ1n) is 9.54. The molecule has 0 spiro atoms. The molecule has 2 aromatic rings. The average molecular weight is 458 g/mol. The Kier molecular flexibility index (Phi) is 5.48. The summed E-state index contributed by atoms with van der Waals surface area (Å²) in [5.74, 6) is -0.526. The number of anilines is 1. The van der Waals surface area contributed by atoms with Crippen LogP contribution in [0, 0.1) is 18.3 Å². The van der Waals surface area contributed by atoms with Crippen molar-refractivity contribution in [1.82, 2.24) is 35.9 Å². The summed E-state index contributed by atoms with van der Waals surface area (Å²) in [6.07, 6.45) is -1.09. The number of hydrazine groups is 1. The molecule has 0 fully saturated rings. The van der Waals surface area contributed by atoms with Gasteiger partial charge in [-0.05, 0) is 25.1 Å². The summed E-state index contributed by atoms with van der Waals surface area (Å²) in [5, 5.41) is 23.9. The van der Waals surface area contributed by atoms with E-state index in [1.807, 2.05) is 6.07 Å². The third-order valence-electron chi connectivity index (χ3n) is 4.75. The van der Waals surface area contributed by atoms with Crippen molar-refractivity contribution in [1.29, 1.82) is 5.26 Å². The van der Waals surface area contributed by atoms with E-state index in [9.17, 15) is 23.2 Å². The summed E-state index contributed by atoms with van der Waals surface area (Å²) < 4.78 is 42.4. The number of dihydropyridines is 1. The fraction of sp³-hybridized carbons (Fsp3) is 0.211. The Balaban J connectivity index is 1.66. The number of hydrogen-bond donors (Lipinski definition) is 4. The number of pyridine rings is 1. The summed E-state index contributed by atoms with van der Waals surface area (Å²) >= 11 is 0. The minimum atomic E-state index is -4.89. The van der Waals surface area contributed by atoms with Crippen molar-refractivity contribution in [2.45, 2.75) is 13.1 Å². The van der Waals surface area contributed by atoms with E-state index in [1.54, 1.807) is 6.21 Å². The van der Waals surface area contributed by atoms with E-state index in [0.29, 0.717) is 17.0 Å². The Hall–Kier alpha value is -4.38. The number of carbonyl (C=O) groups excluding carboxylic acids is 1. The number of nitrogen functional groups attached to an aromatic ring is 1. The zero-order valence-electron chi connectivity index (χ0n) is 17.1. The van der Waals surface area contributed by atoms with Gasteiger partial charge in [0.05, 0.1) is 41.8 Å². The average Bonchev–Trinajstić information content (AvgIpc) is 3.43.